The second-order valence-corrected chi connectivity index (χ2v) is 10.5. The van der Waals surface area contributed by atoms with Crippen LogP contribution in [0.15, 0.2) is 64.3 Å². The number of hydrogen-bond acceptors (Lipinski definition) is 4. The van der Waals surface area contributed by atoms with Gasteiger partial charge in [-0.15, -0.1) is 0 Å². The molecule has 1 amide bonds. The SMILES string of the molecule is Cc1c(N2C(=O)/C(=C/c3ccc(C(C)(C)C)cc3)SC2=S)c(=O)n(-c2ccccc2)n1C. The average molecular weight is 464 g/mol. The van der Waals surface area contributed by atoms with Crippen molar-refractivity contribution in [1.29, 1.82) is 0 Å². The number of carbonyl (C=O) groups excluding carboxylic acids is 1. The Morgan fingerprint density at radius 1 is 0.969 bits per heavy atom. The van der Waals surface area contributed by atoms with Crippen molar-refractivity contribution in [2.75, 3.05) is 4.90 Å². The highest BCUT2D eigenvalue weighted by atomic mass is 32.2. The minimum atomic E-state index is -0.275. The fourth-order valence-corrected chi connectivity index (χ4v) is 4.97. The van der Waals surface area contributed by atoms with E-state index in [1.807, 2.05) is 55.5 Å². The summed E-state index contributed by atoms with van der Waals surface area (Å²) in [6, 6.07) is 17.5. The van der Waals surface area contributed by atoms with E-state index in [0.29, 0.717) is 20.6 Å². The van der Waals surface area contributed by atoms with Gasteiger partial charge in [0.1, 0.15) is 5.69 Å². The minimum Gasteiger partial charge on any atom is -0.283 e. The second-order valence-electron chi connectivity index (χ2n) is 8.80. The largest absolute Gasteiger partial charge is 0.296 e. The van der Waals surface area contributed by atoms with E-state index in [9.17, 15) is 9.59 Å². The number of benzene rings is 2. The summed E-state index contributed by atoms with van der Waals surface area (Å²) in [6.07, 6.45) is 1.83. The van der Waals surface area contributed by atoms with Gasteiger partial charge in [0, 0.05) is 7.05 Å². The lowest BCUT2D eigenvalue weighted by Crippen LogP contribution is -2.33. The molecular weight excluding hydrogens is 438 g/mol. The van der Waals surface area contributed by atoms with Gasteiger partial charge in [-0.05, 0) is 41.7 Å². The maximum Gasteiger partial charge on any atom is 0.296 e. The van der Waals surface area contributed by atoms with Gasteiger partial charge in [-0.1, -0.05) is 87.2 Å². The first-order valence-corrected chi connectivity index (χ1v) is 11.5. The van der Waals surface area contributed by atoms with E-state index >= 15 is 0 Å². The van der Waals surface area contributed by atoms with Gasteiger partial charge in [-0.25, -0.2) is 4.68 Å². The molecule has 3 aromatic rings. The number of carbonyl (C=O) groups is 1. The van der Waals surface area contributed by atoms with Gasteiger partial charge in [0.05, 0.1) is 16.3 Å². The maximum atomic E-state index is 13.3. The molecule has 1 aliphatic heterocycles. The van der Waals surface area contributed by atoms with Crippen molar-refractivity contribution < 1.29 is 4.79 Å². The third-order valence-electron chi connectivity index (χ3n) is 5.62. The number of amides is 1. The predicted octanol–water partition coefficient (Wildman–Crippen LogP) is 5.19. The van der Waals surface area contributed by atoms with Crippen molar-refractivity contribution in [2.24, 2.45) is 7.05 Å². The van der Waals surface area contributed by atoms with Crippen LogP contribution in [0.2, 0.25) is 0 Å². The van der Waals surface area contributed by atoms with Crippen molar-refractivity contribution in [3.8, 4) is 5.69 Å². The Morgan fingerprint density at radius 2 is 1.59 bits per heavy atom. The summed E-state index contributed by atoms with van der Waals surface area (Å²) in [7, 11) is 1.80. The molecule has 164 valence electrons. The van der Waals surface area contributed by atoms with Gasteiger partial charge in [0.25, 0.3) is 11.5 Å². The van der Waals surface area contributed by atoms with E-state index < -0.39 is 0 Å². The monoisotopic (exact) mass is 463 g/mol. The Morgan fingerprint density at radius 3 is 2.19 bits per heavy atom. The molecule has 0 spiro atoms. The lowest BCUT2D eigenvalue weighted by molar-refractivity contribution is -0.113. The highest BCUT2D eigenvalue weighted by molar-refractivity contribution is 8.27. The second kappa shape index (κ2) is 8.22. The van der Waals surface area contributed by atoms with Crippen LogP contribution in [-0.4, -0.2) is 19.6 Å². The zero-order valence-corrected chi connectivity index (χ0v) is 20.4. The van der Waals surface area contributed by atoms with E-state index in [-0.39, 0.29) is 16.9 Å². The smallest absolute Gasteiger partial charge is 0.283 e. The zero-order chi connectivity index (χ0) is 23.2. The number of thioether (sulfide) groups is 1. The average Bonchev–Trinajstić information content (AvgIpc) is 3.13. The standard InChI is InChI=1S/C25H25N3O2S2/c1-16-21(23(30)28(26(16)5)19-9-7-6-8-10-19)27-22(29)20(32-24(27)31)15-17-11-13-18(14-12-17)25(2,3)4/h6-15H,1-5H3/b20-15-. The van der Waals surface area contributed by atoms with E-state index in [4.69, 9.17) is 12.2 Å². The lowest BCUT2D eigenvalue weighted by atomic mass is 9.87. The molecular formula is C25H25N3O2S2. The summed E-state index contributed by atoms with van der Waals surface area (Å²) in [5.41, 5.74) is 3.63. The summed E-state index contributed by atoms with van der Waals surface area (Å²) in [6.45, 7) is 8.32. The van der Waals surface area contributed by atoms with Gasteiger partial charge in [-0.3, -0.25) is 19.2 Å². The van der Waals surface area contributed by atoms with Gasteiger partial charge >= 0.3 is 0 Å². The summed E-state index contributed by atoms with van der Waals surface area (Å²) < 4.78 is 3.66. The fraction of sp³-hybridized carbons (Fsp3) is 0.240. The van der Waals surface area contributed by atoms with Gasteiger partial charge in [-0.2, -0.15) is 0 Å². The van der Waals surface area contributed by atoms with Crippen molar-refractivity contribution in [3.05, 3.63) is 86.7 Å². The van der Waals surface area contributed by atoms with Crippen LogP contribution in [0.1, 0.15) is 37.6 Å². The third kappa shape index (κ3) is 3.87. The number of thiocarbonyl (C=S) groups is 1. The molecule has 0 atom stereocenters. The van der Waals surface area contributed by atoms with Crippen LogP contribution < -0.4 is 10.5 Å². The number of hydrogen-bond donors (Lipinski definition) is 0. The van der Waals surface area contributed by atoms with Crippen LogP contribution >= 0.6 is 24.0 Å². The topological polar surface area (TPSA) is 47.2 Å². The van der Waals surface area contributed by atoms with Gasteiger partial charge in [0.2, 0.25) is 0 Å². The molecule has 2 heterocycles. The molecule has 1 aromatic heterocycles. The lowest BCUT2D eigenvalue weighted by Gasteiger charge is -2.18. The molecule has 2 aromatic carbocycles. The molecule has 0 unspecified atom stereocenters. The van der Waals surface area contributed by atoms with Crippen molar-refractivity contribution in [2.45, 2.75) is 33.1 Å². The first-order chi connectivity index (χ1) is 15.1. The Balaban J connectivity index is 1.72. The summed E-state index contributed by atoms with van der Waals surface area (Å²) in [4.78, 5) is 28.5. The number of aromatic nitrogens is 2. The van der Waals surface area contributed by atoms with Crippen LogP contribution in [0, 0.1) is 6.92 Å². The molecule has 7 heteroatoms. The Kier molecular flexibility index (Phi) is 5.73. The number of rotatable bonds is 3. The van der Waals surface area contributed by atoms with Crippen LogP contribution in [-0.2, 0) is 17.3 Å². The Bertz CT molecular complexity index is 1290. The van der Waals surface area contributed by atoms with Crippen LogP contribution in [0.3, 0.4) is 0 Å². The predicted molar refractivity (Wildman–Crippen MR) is 137 cm³/mol. The molecule has 0 saturated carbocycles. The van der Waals surface area contributed by atoms with Gasteiger partial charge < -0.3 is 0 Å². The summed E-state index contributed by atoms with van der Waals surface area (Å²) >= 11 is 6.74. The first kappa shape index (κ1) is 22.3. The summed E-state index contributed by atoms with van der Waals surface area (Å²) in [5, 5.41) is 0. The number of para-hydroxylation sites is 1. The molecule has 1 aliphatic rings. The highest BCUT2D eigenvalue weighted by Gasteiger charge is 2.37. The normalized spacial score (nSPS) is 15.8. The highest BCUT2D eigenvalue weighted by Crippen LogP contribution is 2.36. The fourth-order valence-electron chi connectivity index (χ4n) is 3.70. The molecule has 0 radical (unpaired) electrons. The number of nitrogens with zero attached hydrogens (tertiary/aromatic N) is 3. The summed E-state index contributed by atoms with van der Waals surface area (Å²) in [5.74, 6) is -0.272. The van der Waals surface area contributed by atoms with E-state index in [1.54, 1.807) is 16.4 Å². The third-order valence-corrected chi connectivity index (χ3v) is 6.92. The molecule has 1 fully saturated rings. The molecule has 1 saturated heterocycles. The van der Waals surface area contributed by atoms with E-state index in [2.05, 4.69) is 32.9 Å². The van der Waals surface area contributed by atoms with Gasteiger partial charge in [0.15, 0.2) is 4.32 Å². The Hall–Kier alpha value is -2.90. The molecule has 0 bridgehead atoms. The zero-order valence-electron chi connectivity index (χ0n) is 18.7. The van der Waals surface area contributed by atoms with Crippen molar-refractivity contribution in [3.63, 3.8) is 0 Å². The maximum absolute atomic E-state index is 13.3. The molecule has 0 N–H and O–H groups in total. The van der Waals surface area contributed by atoms with E-state index in [0.717, 1.165) is 11.3 Å². The van der Waals surface area contributed by atoms with Crippen LogP contribution in [0.25, 0.3) is 11.8 Å². The molecule has 32 heavy (non-hydrogen) atoms. The van der Waals surface area contributed by atoms with Crippen LogP contribution in [0.4, 0.5) is 5.69 Å². The van der Waals surface area contributed by atoms with Crippen molar-refractivity contribution in [1.82, 2.24) is 9.36 Å². The Labute approximate surface area is 197 Å². The quantitative estimate of drug-likeness (QED) is 0.396. The molecule has 4 rings (SSSR count). The van der Waals surface area contributed by atoms with Crippen LogP contribution in [0.5, 0.6) is 0 Å². The van der Waals surface area contributed by atoms with Crippen molar-refractivity contribution >= 4 is 46.0 Å². The minimum absolute atomic E-state index is 0.0610. The van der Waals surface area contributed by atoms with E-state index in [1.165, 1.54) is 22.2 Å². The first-order valence-electron chi connectivity index (χ1n) is 10.3. The molecule has 5 nitrogen and oxygen atoms in total. The number of anilines is 1. The molecule has 0 aliphatic carbocycles.